The third kappa shape index (κ3) is 3.18. The maximum Gasteiger partial charge on any atom is 0.216 e. The van der Waals surface area contributed by atoms with Gasteiger partial charge in [-0.2, -0.15) is 0 Å². The Morgan fingerprint density at radius 1 is 1.62 bits per heavy atom. The van der Waals surface area contributed by atoms with Gasteiger partial charge in [-0.1, -0.05) is 0 Å². The van der Waals surface area contributed by atoms with Crippen LogP contribution in [0.2, 0.25) is 0 Å². The number of pyridine rings is 1. The van der Waals surface area contributed by atoms with E-state index in [9.17, 15) is 15.0 Å². The number of rotatable bonds is 4. The summed E-state index contributed by atoms with van der Waals surface area (Å²) >= 11 is 0. The van der Waals surface area contributed by atoms with E-state index >= 15 is 0 Å². The molecule has 0 aliphatic carbocycles. The number of hydrogen-bond donors (Lipinski definition) is 4. The lowest BCUT2D eigenvalue weighted by Gasteiger charge is -2.19. The lowest BCUT2D eigenvalue weighted by Crippen LogP contribution is -2.34. The van der Waals surface area contributed by atoms with Crippen LogP contribution in [0.25, 0.3) is 0 Å². The number of nitrogens with zero attached hydrogens (tertiary/aromatic N) is 1. The summed E-state index contributed by atoms with van der Waals surface area (Å²) in [6.07, 6.45) is 0.618. The monoisotopic (exact) mass is 225 g/mol. The molecule has 1 rings (SSSR count). The van der Waals surface area contributed by atoms with Gasteiger partial charge in [0.2, 0.25) is 5.91 Å². The first-order chi connectivity index (χ1) is 7.52. The molecule has 6 heteroatoms. The Morgan fingerprint density at radius 3 is 2.88 bits per heavy atom. The van der Waals surface area contributed by atoms with Gasteiger partial charge in [-0.15, -0.1) is 0 Å². The molecular formula is C10H15N3O3. The van der Waals surface area contributed by atoms with Crippen molar-refractivity contribution in [3.8, 4) is 0 Å². The standard InChI is InChI=1S/C10H15N3O3/c1-6(14)13-5-9(15)10(16)7-2-3-12-4-8(7)11/h2-4,9-10,15-16H,5,11H2,1H3,(H,13,14). The zero-order valence-corrected chi connectivity index (χ0v) is 8.92. The number of nitrogen functional groups attached to an aromatic ring is 1. The molecule has 1 amide bonds. The Hall–Kier alpha value is -1.66. The van der Waals surface area contributed by atoms with E-state index in [1.807, 2.05) is 0 Å². The van der Waals surface area contributed by atoms with Gasteiger partial charge in [0.1, 0.15) is 12.2 Å². The van der Waals surface area contributed by atoms with E-state index in [2.05, 4.69) is 10.3 Å². The summed E-state index contributed by atoms with van der Waals surface area (Å²) in [4.78, 5) is 14.4. The van der Waals surface area contributed by atoms with Gasteiger partial charge >= 0.3 is 0 Å². The maximum atomic E-state index is 10.6. The topological polar surface area (TPSA) is 108 Å². The van der Waals surface area contributed by atoms with Crippen LogP contribution < -0.4 is 11.1 Å². The van der Waals surface area contributed by atoms with Crippen molar-refractivity contribution in [2.45, 2.75) is 19.1 Å². The van der Waals surface area contributed by atoms with Crippen molar-refractivity contribution < 1.29 is 15.0 Å². The third-order valence-electron chi connectivity index (χ3n) is 2.13. The van der Waals surface area contributed by atoms with Crippen LogP contribution in [0.1, 0.15) is 18.6 Å². The molecule has 2 unspecified atom stereocenters. The lowest BCUT2D eigenvalue weighted by molar-refractivity contribution is -0.119. The smallest absolute Gasteiger partial charge is 0.216 e. The molecule has 0 aromatic carbocycles. The normalized spacial score (nSPS) is 14.2. The van der Waals surface area contributed by atoms with Crippen molar-refractivity contribution in [2.24, 2.45) is 0 Å². The Bertz CT molecular complexity index is 370. The van der Waals surface area contributed by atoms with Gasteiger partial charge in [-0.25, -0.2) is 0 Å². The first-order valence-corrected chi connectivity index (χ1v) is 4.82. The number of carbonyl (C=O) groups excluding carboxylic acids is 1. The molecule has 0 radical (unpaired) electrons. The number of nitrogens with one attached hydrogen (secondary N) is 1. The van der Waals surface area contributed by atoms with Crippen LogP contribution in [-0.4, -0.2) is 33.8 Å². The first kappa shape index (κ1) is 12.4. The average molecular weight is 225 g/mol. The minimum absolute atomic E-state index is 0.0295. The van der Waals surface area contributed by atoms with Gasteiger partial charge in [0.25, 0.3) is 0 Å². The van der Waals surface area contributed by atoms with E-state index in [0.29, 0.717) is 11.3 Å². The van der Waals surface area contributed by atoms with Crippen molar-refractivity contribution in [1.29, 1.82) is 0 Å². The Morgan fingerprint density at radius 2 is 2.31 bits per heavy atom. The predicted molar refractivity (Wildman–Crippen MR) is 58.3 cm³/mol. The van der Waals surface area contributed by atoms with Gasteiger partial charge in [0.05, 0.1) is 11.9 Å². The largest absolute Gasteiger partial charge is 0.397 e. The molecular weight excluding hydrogens is 210 g/mol. The summed E-state index contributed by atoms with van der Waals surface area (Å²) < 4.78 is 0. The predicted octanol–water partition coefficient (Wildman–Crippen LogP) is -0.806. The molecule has 6 nitrogen and oxygen atoms in total. The van der Waals surface area contributed by atoms with Crippen LogP contribution in [0.5, 0.6) is 0 Å². The summed E-state index contributed by atoms with van der Waals surface area (Å²) in [7, 11) is 0. The van der Waals surface area contributed by atoms with Gasteiger partial charge in [-0.05, 0) is 6.07 Å². The van der Waals surface area contributed by atoms with Gasteiger partial charge in [0, 0.05) is 25.2 Å². The number of anilines is 1. The summed E-state index contributed by atoms with van der Waals surface area (Å²) in [5.74, 6) is -0.269. The highest BCUT2D eigenvalue weighted by molar-refractivity contribution is 5.72. The third-order valence-corrected chi connectivity index (χ3v) is 2.13. The molecule has 1 aromatic rings. The highest BCUT2D eigenvalue weighted by atomic mass is 16.3. The van der Waals surface area contributed by atoms with E-state index in [1.165, 1.54) is 25.4 Å². The Kier molecular flexibility index (Phi) is 4.21. The molecule has 0 aliphatic heterocycles. The van der Waals surface area contributed by atoms with Gasteiger partial charge in [-0.3, -0.25) is 9.78 Å². The molecule has 0 saturated heterocycles. The summed E-state index contributed by atoms with van der Waals surface area (Å²) in [5.41, 5.74) is 6.29. The second-order valence-corrected chi connectivity index (χ2v) is 3.45. The SMILES string of the molecule is CC(=O)NCC(O)C(O)c1ccncc1N. The summed E-state index contributed by atoms with van der Waals surface area (Å²) in [6, 6.07) is 1.52. The zero-order valence-electron chi connectivity index (χ0n) is 8.92. The molecule has 16 heavy (non-hydrogen) atoms. The molecule has 0 bridgehead atoms. The van der Waals surface area contributed by atoms with E-state index in [1.54, 1.807) is 0 Å². The lowest BCUT2D eigenvalue weighted by atomic mass is 10.0. The second kappa shape index (κ2) is 5.43. The molecule has 88 valence electrons. The van der Waals surface area contributed by atoms with Crippen LogP contribution in [0.4, 0.5) is 5.69 Å². The van der Waals surface area contributed by atoms with Gasteiger partial charge in [0.15, 0.2) is 0 Å². The highest BCUT2D eigenvalue weighted by Crippen LogP contribution is 2.21. The van der Waals surface area contributed by atoms with Crippen LogP contribution in [0.15, 0.2) is 18.5 Å². The minimum Gasteiger partial charge on any atom is -0.397 e. The second-order valence-electron chi connectivity index (χ2n) is 3.45. The van der Waals surface area contributed by atoms with Crippen LogP contribution in [0.3, 0.4) is 0 Å². The fraction of sp³-hybridized carbons (Fsp3) is 0.400. The van der Waals surface area contributed by atoms with Crippen molar-refractivity contribution in [3.63, 3.8) is 0 Å². The van der Waals surface area contributed by atoms with E-state index in [4.69, 9.17) is 5.73 Å². The van der Waals surface area contributed by atoms with Crippen LogP contribution in [0, 0.1) is 0 Å². The molecule has 0 aliphatic rings. The van der Waals surface area contributed by atoms with Crippen molar-refractivity contribution >= 4 is 11.6 Å². The van der Waals surface area contributed by atoms with Crippen molar-refractivity contribution in [3.05, 3.63) is 24.0 Å². The molecule has 5 N–H and O–H groups in total. The van der Waals surface area contributed by atoms with Crippen LogP contribution in [-0.2, 0) is 4.79 Å². The summed E-state index contributed by atoms with van der Waals surface area (Å²) in [6.45, 7) is 1.30. The van der Waals surface area contributed by atoms with Crippen molar-refractivity contribution in [2.75, 3.05) is 12.3 Å². The molecule has 0 fully saturated rings. The number of aromatic nitrogens is 1. The summed E-state index contributed by atoms with van der Waals surface area (Å²) in [5, 5.41) is 21.8. The number of hydrogen-bond acceptors (Lipinski definition) is 5. The minimum atomic E-state index is -1.14. The molecule has 1 aromatic heterocycles. The zero-order chi connectivity index (χ0) is 12.1. The molecule has 2 atom stereocenters. The van der Waals surface area contributed by atoms with E-state index in [-0.39, 0.29) is 12.5 Å². The van der Waals surface area contributed by atoms with E-state index < -0.39 is 12.2 Å². The highest BCUT2D eigenvalue weighted by Gasteiger charge is 2.20. The fourth-order valence-corrected chi connectivity index (χ4v) is 1.25. The number of aliphatic hydroxyl groups excluding tert-OH is 2. The molecule has 0 spiro atoms. The number of amides is 1. The molecule has 0 saturated carbocycles. The Balaban J connectivity index is 2.66. The van der Waals surface area contributed by atoms with Gasteiger partial charge < -0.3 is 21.3 Å². The Labute approximate surface area is 93.1 Å². The van der Waals surface area contributed by atoms with E-state index in [0.717, 1.165) is 0 Å². The quantitative estimate of drug-likeness (QED) is 0.536. The number of aliphatic hydroxyl groups is 2. The fourth-order valence-electron chi connectivity index (χ4n) is 1.25. The number of nitrogens with two attached hydrogens (primary N) is 1. The maximum absolute atomic E-state index is 10.6. The average Bonchev–Trinajstić information content (AvgIpc) is 2.25. The van der Waals surface area contributed by atoms with Crippen LogP contribution >= 0.6 is 0 Å². The molecule has 1 heterocycles. The van der Waals surface area contributed by atoms with Crippen molar-refractivity contribution in [1.82, 2.24) is 10.3 Å². The number of carbonyl (C=O) groups is 1. The first-order valence-electron chi connectivity index (χ1n) is 4.82.